The molecule has 0 bridgehead atoms. The van der Waals surface area contributed by atoms with E-state index in [-0.39, 0.29) is 12.5 Å². The standard InChI is InChI=1S/C18H20N2O4/c1-13-10-14(8-9-15(13)22-2)11-19-20-18(21)12-24-17-7-5-4-6-16(17)23-3/h4-11H,12H2,1-3H3,(H,20,21)/b19-11+. The maximum atomic E-state index is 11.8. The third-order valence-electron chi connectivity index (χ3n) is 3.25. The Labute approximate surface area is 141 Å². The topological polar surface area (TPSA) is 69.2 Å². The normalized spacial score (nSPS) is 10.5. The summed E-state index contributed by atoms with van der Waals surface area (Å²) >= 11 is 0. The fraction of sp³-hybridized carbons (Fsp3) is 0.222. The number of methoxy groups -OCH3 is 2. The Morgan fingerprint density at radius 3 is 2.46 bits per heavy atom. The third kappa shape index (κ3) is 4.74. The fourth-order valence-corrected chi connectivity index (χ4v) is 2.07. The van der Waals surface area contributed by atoms with Gasteiger partial charge in [0.2, 0.25) is 0 Å². The summed E-state index contributed by atoms with van der Waals surface area (Å²) < 4.78 is 15.8. The number of carbonyl (C=O) groups excluding carboxylic acids is 1. The van der Waals surface area contributed by atoms with Crippen molar-refractivity contribution in [3.8, 4) is 17.2 Å². The van der Waals surface area contributed by atoms with Crippen LogP contribution in [-0.4, -0.2) is 32.9 Å². The number of para-hydroxylation sites is 2. The summed E-state index contributed by atoms with van der Waals surface area (Å²) in [7, 11) is 3.17. The second-order valence-corrected chi connectivity index (χ2v) is 4.96. The van der Waals surface area contributed by atoms with Gasteiger partial charge in [-0.05, 0) is 48.4 Å². The number of carbonyl (C=O) groups is 1. The van der Waals surface area contributed by atoms with E-state index in [0.717, 1.165) is 16.9 Å². The minimum absolute atomic E-state index is 0.153. The van der Waals surface area contributed by atoms with Crippen LogP contribution in [-0.2, 0) is 4.79 Å². The van der Waals surface area contributed by atoms with Crippen molar-refractivity contribution in [2.75, 3.05) is 20.8 Å². The Bertz CT molecular complexity index is 729. The number of ether oxygens (including phenoxy) is 3. The lowest BCUT2D eigenvalue weighted by molar-refractivity contribution is -0.123. The molecule has 2 rings (SSSR count). The Hall–Kier alpha value is -3.02. The lowest BCUT2D eigenvalue weighted by Gasteiger charge is -2.09. The van der Waals surface area contributed by atoms with Crippen LogP contribution in [0.25, 0.3) is 0 Å². The molecule has 0 aromatic heterocycles. The van der Waals surface area contributed by atoms with E-state index in [1.165, 1.54) is 0 Å². The van der Waals surface area contributed by atoms with Crippen molar-refractivity contribution < 1.29 is 19.0 Å². The Morgan fingerprint density at radius 2 is 1.79 bits per heavy atom. The smallest absolute Gasteiger partial charge is 0.277 e. The summed E-state index contributed by atoms with van der Waals surface area (Å²) in [6, 6.07) is 12.7. The highest BCUT2D eigenvalue weighted by atomic mass is 16.5. The van der Waals surface area contributed by atoms with Crippen LogP contribution in [0.15, 0.2) is 47.6 Å². The average Bonchev–Trinajstić information content (AvgIpc) is 2.60. The van der Waals surface area contributed by atoms with Crippen LogP contribution >= 0.6 is 0 Å². The number of aryl methyl sites for hydroxylation is 1. The number of nitrogens with one attached hydrogen (secondary N) is 1. The van der Waals surface area contributed by atoms with Gasteiger partial charge in [-0.1, -0.05) is 12.1 Å². The summed E-state index contributed by atoms with van der Waals surface area (Å²) in [5.41, 5.74) is 4.27. The van der Waals surface area contributed by atoms with Crippen molar-refractivity contribution >= 4 is 12.1 Å². The van der Waals surface area contributed by atoms with Gasteiger partial charge in [-0.25, -0.2) is 5.43 Å². The van der Waals surface area contributed by atoms with E-state index >= 15 is 0 Å². The van der Waals surface area contributed by atoms with Crippen molar-refractivity contribution in [2.24, 2.45) is 5.10 Å². The molecule has 0 aliphatic carbocycles. The molecule has 24 heavy (non-hydrogen) atoms. The molecule has 0 aliphatic rings. The molecule has 0 spiro atoms. The van der Waals surface area contributed by atoms with Crippen molar-refractivity contribution in [1.82, 2.24) is 5.43 Å². The zero-order valence-corrected chi connectivity index (χ0v) is 13.9. The van der Waals surface area contributed by atoms with E-state index in [1.807, 2.05) is 31.2 Å². The van der Waals surface area contributed by atoms with Crippen LogP contribution in [0.3, 0.4) is 0 Å². The quantitative estimate of drug-likeness (QED) is 0.626. The number of rotatable bonds is 7. The number of amides is 1. The number of benzene rings is 2. The molecule has 0 radical (unpaired) electrons. The van der Waals surface area contributed by atoms with Gasteiger partial charge in [0, 0.05) is 0 Å². The van der Waals surface area contributed by atoms with Gasteiger partial charge in [-0.15, -0.1) is 0 Å². The number of hydrazone groups is 1. The zero-order chi connectivity index (χ0) is 17.4. The minimum atomic E-state index is -0.359. The molecule has 2 aromatic carbocycles. The van der Waals surface area contributed by atoms with Gasteiger partial charge in [0.15, 0.2) is 18.1 Å². The zero-order valence-electron chi connectivity index (χ0n) is 13.9. The van der Waals surface area contributed by atoms with Crippen molar-refractivity contribution in [2.45, 2.75) is 6.92 Å². The number of hydrogen-bond acceptors (Lipinski definition) is 5. The Morgan fingerprint density at radius 1 is 1.08 bits per heavy atom. The van der Waals surface area contributed by atoms with Gasteiger partial charge < -0.3 is 14.2 Å². The highest BCUT2D eigenvalue weighted by Gasteiger charge is 2.06. The maximum absolute atomic E-state index is 11.8. The molecular weight excluding hydrogens is 308 g/mol. The molecule has 0 heterocycles. The van der Waals surface area contributed by atoms with Crippen molar-refractivity contribution in [3.05, 3.63) is 53.6 Å². The first-order valence-electron chi connectivity index (χ1n) is 7.36. The molecule has 0 saturated carbocycles. The van der Waals surface area contributed by atoms with Gasteiger partial charge in [-0.2, -0.15) is 5.10 Å². The van der Waals surface area contributed by atoms with Gasteiger partial charge in [0.1, 0.15) is 5.75 Å². The largest absolute Gasteiger partial charge is 0.496 e. The second-order valence-electron chi connectivity index (χ2n) is 4.96. The van der Waals surface area contributed by atoms with Gasteiger partial charge >= 0.3 is 0 Å². The van der Waals surface area contributed by atoms with E-state index in [0.29, 0.717) is 11.5 Å². The highest BCUT2D eigenvalue weighted by Crippen LogP contribution is 2.25. The third-order valence-corrected chi connectivity index (χ3v) is 3.25. The van der Waals surface area contributed by atoms with E-state index in [4.69, 9.17) is 14.2 Å². The van der Waals surface area contributed by atoms with Crippen LogP contribution in [0.2, 0.25) is 0 Å². The lowest BCUT2D eigenvalue weighted by Crippen LogP contribution is -2.24. The van der Waals surface area contributed by atoms with Gasteiger partial charge in [0.25, 0.3) is 5.91 Å². The van der Waals surface area contributed by atoms with Crippen molar-refractivity contribution in [1.29, 1.82) is 0 Å². The summed E-state index contributed by atoms with van der Waals surface area (Å²) in [5.74, 6) is 1.52. The summed E-state index contributed by atoms with van der Waals surface area (Å²) in [4.78, 5) is 11.8. The Balaban J connectivity index is 1.85. The van der Waals surface area contributed by atoms with Crippen LogP contribution in [0.4, 0.5) is 0 Å². The minimum Gasteiger partial charge on any atom is -0.496 e. The van der Waals surface area contributed by atoms with Gasteiger partial charge in [-0.3, -0.25) is 4.79 Å². The van der Waals surface area contributed by atoms with E-state index < -0.39 is 0 Å². The molecule has 0 atom stereocenters. The molecule has 0 aliphatic heterocycles. The SMILES string of the molecule is COc1ccc(/C=N/NC(=O)COc2ccccc2OC)cc1C. The highest BCUT2D eigenvalue weighted by molar-refractivity contribution is 5.83. The molecule has 0 unspecified atom stereocenters. The predicted molar refractivity (Wildman–Crippen MR) is 92.0 cm³/mol. The molecule has 0 fully saturated rings. The van der Waals surface area contributed by atoms with Crippen LogP contribution in [0.5, 0.6) is 17.2 Å². The van der Waals surface area contributed by atoms with Crippen molar-refractivity contribution in [3.63, 3.8) is 0 Å². The Kier molecular flexibility index (Phi) is 6.19. The van der Waals surface area contributed by atoms with Crippen LogP contribution in [0.1, 0.15) is 11.1 Å². The molecule has 6 nitrogen and oxygen atoms in total. The summed E-state index contributed by atoms with van der Waals surface area (Å²) in [5, 5.41) is 3.92. The monoisotopic (exact) mass is 328 g/mol. The lowest BCUT2D eigenvalue weighted by atomic mass is 10.1. The summed E-state index contributed by atoms with van der Waals surface area (Å²) in [6.07, 6.45) is 1.56. The molecule has 2 aromatic rings. The molecule has 6 heteroatoms. The van der Waals surface area contributed by atoms with E-state index in [2.05, 4.69) is 10.5 Å². The molecule has 1 amide bonds. The van der Waals surface area contributed by atoms with Gasteiger partial charge in [0.05, 0.1) is 20.4 Å². The molecule has 1 N–H and O–H groups in total. The number of hydrogen-bond donors (Lipinski definition) is 1. The first kappa shape index (κ1) is 17.3. The van der Waals surface area contributed by atoms with E-state index in [9.17, 15) is 4.79 Å². The second kappa shape index (κ2) is 8.57. The van der Waals surface area contributed by atoms with Crippen LogP contribution < -0.4 is 19.6 Å². The molecule has 0 saturated heterocycles. The maximum Gasteiger partial charge on any atom is 0.277 e. The number of nitrogens with zero attached hydrogens (tertiary/aromatic N) is 1. The summed E-state index contributed by atoms with van der Waals surface area (Å²) in [6.45, 7) is 1.79. The predicted octanol–water partition coefficient (Wildman–Crippen LogP) is 2.54. The fourth-order valence-electron chi connectivity index (χ4n) is 2.07. The first-order valence-corrected chi connectivity index (χ1v) is 7.36. The first-order chi connectivity index (χ1) is 11.6. The van der Waals surface area contributed by atoms with E-state index in [1.54, 1.807) is 38.6 Å². The molecular formula is C18H20N2O4. The molecule has 126 valence electrons. The average molecular weight is 328 g/mol. The van der Waals surface area contributed by atoms with Crippen LogP contribution in [0, 0.1) is 6.92 Å².